The van der Waals surface area contributed by atoms with E-state index in [1.54, 1.807) is 0 Å². The maximum Gasteiger partial charge on any atom is 0.201 e. The number of rotatable bonds is 3. The van der Waals surface area contributed by atoms with Gasteiger partial charge in [-0.3, -0.25) is 0 Å². The molecule has 4 nitrogen and oxygen atoms in total. The first-order valence-electron chi connectivity index (χ1n) is 6.40. The van der Waals surface area contributed by atoms with Gasteiger partial charge in [0.1, 0.15) is 19.8 Å². The van der Waals surface area contributed by atoms with E-state index in [0.29, 0.717) is 6.61 Å². The van der Waals surface area contributed by atoms with E-state index < -0.39 is 5.54 Å². The molecule has 0 aromatic carbocycles. The lowest BCUT2D eigenvalue weighted by Crippen LogP contribution is -3.05. The second-order valence-electron chi connectivity index (χ2n) is 5.53. The van der Waals surface area contributed by atoms with Crippen LogP contribution >= 0.6 is 0 Å². The minimum absolute atomic E-state index is 0.0115. The van der Waals surface area contributed by atoms with Gasteiger partial charge in [0, 0.05) is 12.8 Å². The van der Waals surface area contributed by atoms with Crippen LogP contribution in [0.25, 0.3) is 0 Å². The summed E-state index contributed by atoms with van der Waals surface area (Å²) in [5.41, 5.74) is -0.657. The zero-order chi connectivity index (χ0) is 11.6. The summed E-state index contributed by atoms with van der Waals surface area (Å²) in [4.78, 5) is 0. The van der Waals surface area contributed by atoms with E-state index in [9.17, 15) is 10.2 Å². The van der Waals surface area contributed by atoms with Gasteiger partial charge < -0.3 is 20.3 Å². The van der Waals surface area contributed by atoms with E-state index in [4.69, 9.17) is 4.74 Å². The Balaban J connectivity index is 1.97. The van der Waals surface area contributed by atoms with Gasteiger partial charge in [0.2, 0.25) is 5.72 Å². The molecule has 1 aliphatic carbocycles. The Hall–Kier alpha value is -0.160. The summed E-state index contributed by atoms with van der Waals surface area (Å²) in [6.45, 7) is 2.69. The molecule has 1 saturated carbocycles. The Morgan fingerprint density at radius 1 is 1.25 bits per heavy atom. The molecule has 0 atom stereocenters. The van der Waals surface area contributed by atoms with Crippen molar-refractivity contribution in [2.45, 2.75) is 50.3 Å². The highest BCUT2D eigenvalue weighted by Crippen LogP contribution is 2.34. The number of hydrogen-bond acceptors (Lipinski definition) is 3. The average molecular weight is 230 g/mol. The molecule has 0 amide bonds. The Kier molecular flexibility index (Phi) is 3.54. The molecule has 1 heterocycles. The zero-order valence-electron chi connectivity index (χ0n) is 10.1. The first kappa shape index (κ1) is 12.3. The van der Waals surface area contributed by atoms with Gasteiger partial charge in [0.05, 0.1) is 0 Å². The molecule has 1 aliphatic heterocycles. The molecule has 16 heavy (non-hydrogen) atoms. The maximum absolute atomic E-state index is 9.36. The highest BCUT2D eigenvalue weighted by atomic mass is 16.5. The first-order valence-corrected chi connectivity index (χ1v) is 6.40. The number of aliphatic hydroxyl groups excluding tert-OH is 2. The van der Waals surface area contributed by atoms with Crippen LogP contribution in [0, 0.1) is 5.92 Å². The standard InChI is InChI=1S/C12H23NO3/c1-2-10-3-5-12(6-4-10)13-11(7-14,8-15)9-16-12/h10,13-15H,2-9H2,1H3/p+1. The van der Waals surface area contributed by atoms with Gasteiger partial charge >= 0.3 is 0 Å². The molecule has 0 radical (unpaired) electrons. The molecular formula is C12H24NO3+. The largest absolute Gasteiger partial charge is 0.390 e. The summed E-state index contributed by atoms with van der Waals surface area (Å²) in [5, 5.41) is 20.8. The van der Waals surface area contributed by atoms with Crippen LogP contribution in [0.2, 0.25) is 0 Å². The van der Waals surface area contributed by atoms with Crippen molar-refractivity contribution < 1.29 is 20.3 Å². The lowest BCUT2D eigenvalue weighted by Gasteiger charge is -2.34. The SMILES string of the molecule is CCC1CCC2(CC1)[NH2+]C(CO)(CO)CO2. The van der Waals surface area contributed by atoms with E-state index >= 15 is 0 Å². The molecule has 2 rings (SSSR count). The number of nitrogens with two attached hydrogens (primary N) is 1. The molecule has 0 bridgehead atoms. The lowest BCUT2D eigenvalue weighted by molar-refractivity contribution is -0.791. The smallest absolute Gasteiger partial charge is 0.201 e. The molecular weight excluding hydrogens is 206 g/mol. The predicted molar refractivity (Wildman–Crippen MR) is 59.8 cm³/mol. The second kappa shape index (κ2) is 4.61. The van der Waals surface area contributed by atoms with Crippen molar-refractivity contribution in [1.82, 2.24) is 0 Å². The monoisotopic (exact) mass is 230 g/mol. The second-order valence-corrected chi connectivity index (χ2v) is 5.53. The Bertz CT molecular complexity index is 232. The maximum atomic E-state index is 9.36. The van der Waals surface area contributed by atoms with Crippen LogP contribution < -0.4 is 5.32 Å². The fraction of sp³-hybridized carbons (Fsp3) is 1.00. The van der Waals surface area contributed by atoms with Gasteiger partial charge in [-0.05, 0) is 18.8 Å². The summed E-state index contributed by atoms with van der Waals surface area (Å²) in [7, 11) is 0. The number of ether oxygens (including phenoxy) is 1. The van der Waals surface area contributed by atoms with E-state index in [1.807, 2.05) is 0 Å². The molecule has 0 aromatic rings. The third-order valence-electron chi connectivity index (χ3n) is 4.37. The summed E-state index contributed by atoms with van der Waals surface area (Å²) in [6.07, 6.45) is 5.77. The molecule has 4 heteroatoms. The minimum atomic E-state index is -0.501. The minimum Gasteiger partial charge on any atom is -0.390 e. The molecule has 94 valence electrons. The van der Waals surface area contributed by atoms with Gasteiger partial charge in [-0.2, -0.15) is 0 Å². The van der Waals surface area contributed by atoms with Gasteiger partial charge in [0.25, 0.3) is 0 Å². The van der Waals surface area contributed by atoms with Crippen LogP contribution in [0.4, 0.5) is 0 Å². The average Bonchev–Trinajstić information content (AvgIpc) is 2.71. The van der Waals surface area contributed by atoms with Crippen LogP contribution in [0.5, 0.6) is 0 Å². The summed E-state index contributed by atoms with van der Waals surface area (Å²) in [6, 6.07) is 0. The number of hydrogen-bond donors (Lipinski definition) is 3. The predicted octanol–water partition coefficient (Wildman–Crippen LogP) is -0.400. The van der Waals surface area contributed by atoms with E-state index in [-0.39, 0.29) is 18.9 Å². The van der Waals surface area contributed by atoms with Crippen molar-refractivity contribution in [2.75, 3.05) is 19.8 Å². The van der Waals surface area contributed by atoms with E-state index in [2.05, 4.69) is 12.2 Å². The van der Waals surface area contributed by atoms with Crippen molar-refractivity contribution in [2.24, 2.45) is 5.92 Å². The molecule has 1 spiro atoms. The van der Waals surface area contributed by atoms with Crippen LogP contribution in [0.15, 0.2) is 0 Å². The topological polar surface area (TPSA) is 66.3 Å². The van der Waals surface area contributed by atoms with Crippen molar-refractivity contribution in [3.63, 3.8) is 0 Å². The molecule has 0 aromatic heterocycles. The molecule has 0 unspecified atom stereocenters. The fourth-order valence-electron chi connectivity index (χ4n) is 3.02. The van der Waals surface area contributed by atoms with Gasteiger partial charge in [-0.25, -0.2) is 0 Å². The van der Waals surface area contributed by atoms with Crippen molar-refractivity contribution in [3.05, 3.63) is 0 Å². The third kappa shape index (κ3) is 2.12. The van der Waals surface area contributed by atoms with Crippen molar-refractivity contribution >= 4 is 0 Å². The molecule has 2 aliphatic rings. The third-order valence-corrected chi connectivity index (χ3v) is 4.37. The number of quaternary nitrogens is 1. The highest BCUT2D eigenvalue weighted by molar-refractivity contribution is 4.88. The summed E-state index contributed by atoms with van der Waals surface area (Å²) >= 11 is 0. The Morgan fingerprint density at radius 2 is 1.88 bits per heavy atom. The molecule has 2 fully saturated rings. The van der Waals surface area contributed by atoms with E-state index in [1.165, 1.54) is 19.3 Å². The zero-order valence-corrected chi connectivity index (χ0v) is 10.1. The van der Waals surface area contributed by atoms with Crippen LogP contribution in [0.3, 0.4) is 0 Å². The number of aliphatic hydroxyl groups is 2. The molecule has 4 N–H and O–H groups in total. The fourth-order valence-corrected chi connectivity index (χ4v) is 3.02. The van der Waals surface area contributed by atoms with Gasteiger partial charge in [-0.15, -0.1) is 0 Å². The van der Waals surface area contributed by atoms with Crippen molar-refractivity contribution in [1.29, 1.82) is 0 Å². The summed E-state index contributed by atoms with van der Waals surface area (Å²) < 4.78 is 5.90. The van der Waals surface area contributed by atoms with Crippen LogP contribution in [-0.4, -0.2) is 41.3 Å². The van der Waals surface area contributed by atoms with Gasteiger partial charge in [-0.1, -0.05) is 13.3 Å². The quantitative estimate of drug-likeness (QED) is 0.618. The Labute approximate surface area is 97.0 Å². The lowest BCUT2D eigenvalue weighted by atomic mass is 9.82. The normalized spacial score (nSPS) is 38.1. The van der Waals surface area contributed by atoms with Gasteiger partial charge in [0.15, 0.2) is 5.54 Å². The Morgan fingerprint density at radius 3 is 2.31 bits per heavy atom. The van der Waals surface area contributed by atoms with Crippen molar-refractivity contribution in [3.8, 4) is 0 Å². The molecule has 1 saturated heterocycles. The summed E-state index contributed by atoms with van der Waals surface area (Å²) in [5.74, 6) is 0.834. The van der Waals surface area contributed by atoms with E-state index in [0.717, 1.165) is 18.8 Å². The highest BCUT2D eigenvalue weighted by Gasteiger charge is 2.53. The first-order chi connectivity index (χ1) is 7.67. The van der Waals surface area contributed by atoms with Crippen LogP contribution in [0.1, 0.15) is 39.0 Å². The van der Waals surface area contributed by atoms with Crippen LogP contribution in [-0.2, 0) is 4.74 Å².